The standard InChI is InChI=1S/C16H20N6OS/c1-21(16(23)18-15-17-6-7-24-15)12-9-22(10-12)14-8-11-4-2-3-5-13(11)19-20-14/h6-8,12H,2-5,9-10H2,1H3,(H,17,18,23). The first-order valence-corrected chi connectivity index (χ1v) is 9.12. The molecule has 0 spiro atoms. The molecular weight excluding hydrogens is 324 g/mol. The maximum absolute atomic E-state index is 12.2. The maximum Gasteiger partial charge on any atom is 0.323 e. The Morgan fingerprint density at radius 3 is 2.96 bits per heavy atom. The van der Waals surface area contributed by atoms with Crippen molar-refractivity contribution in [1.82, 2.24) is 20.1 Å². The van der Waals surface area contributed by atoms with E-state index in [4.69, 9.17) is 0 Å². The lowest BCUT2D eigenvalue weighted by Gasteiger charge is -2.44. The van der Waals surface area contributed by atoms with Gasteiger partial charge in [0, 0.05) is 31.7 Å². The number of hydrogen-bond acceptors (Lipinski definition) is 6. The van der Waals surface area contributed by atoms with E-state index in [1.54, 1.807) is 11.1 Å². The van der Waals surface area contributed by atoms with Gasteiger partial charge in [-0.15, -0.1) is 16.4 Å². The quantitative estimate of drug-likeness (QED) is 0.924. The van der Waals surface area contributed by atoms with Crippen molar-refractivity contribution < 1.29 is 4.79 Å². The summed E-state index contributed by atoms with van der Waals surface area (Å²) in [6.45, 7) is 1.57. The van der Waals surface area contributed by atoms with Crippen LogP contribution in [0.3, 0.4) is 0 Å². The van der Waals surface area contributed by atoms with Crippen LogP contribution in [-0.2, 0) is 12.8 Å². The lowest BCUT2D eigenvalue weighted by atomic mass is 9.96. The fourth-order valence-corrected chi connectivity index (χ4v) is 3.67. The van der Waals surface area contributed by atoms with Gasteiger partial charge in [-0.3, -0.25) is 5.32 Å². The van der Waals surface area contributed by atoms with Crippen molar-refractivity contribution in [3.8, 4) is 0 Å². The Morgan fingerprint density at radius 2 is 2.17 bits per heavy atom. The number of urea groups is 1. The summed E-state index contributed by atoms with van der Waals surface area (Å²) in [6.07, 6.45) is 6.28. The van der Waals surface area contributed by atoms with Crippen LogP contribution in [0.4, 0.5) is 15.7 Å². The average Bonchev–Trinajstić information content (AvgIpc) is 3.06. The van der Waals surface area contributed by atoms with Gasteiger partial charge >= 0.3 is 6.03 Å². The summed E-state index contributed by atoms with van der Waals surface area (Å²) < 4.78 is 0. The van der Waals surface area contributed by atoms with E-state index in [1.165, 1.54) is 29.7 Å². The minimum Gasteiger partial charge on any atom is -0.351 e. The molecule has 0 unspecified atom stereocenters. The normalized spacial score (nSPS) is 17.1. The molecule has 1 aliphatic carbocycles. The molecule has 0 aromatic carbocycles. The molecule has 0 saturated carbocycles. The van der Waals surface area contributed by atoms with Crippen molar-refractivity contribution in [2.24, 2.45) is 0 Å². The third-order valence-electron chi connectivity index (χ3n) is 4.76. The van der Waals surface area contributed by atoms with Crippen molar-refractivity contribution in [3.63, 3.8) is 0 Å². The van der Waals surface area contributed by atoms with Gasteiger partial charge in [0.15, 0.2) is 10.9 Å². The summed E-state index contributed by atoms with van der Waals surface area (Å²) in [5.74, 6) is 0.931. The van der Waals surface area contributed by atoms with Gasteiger partial charge in [0.1, 0.15) is 0 Å². The van der Waals surface area contributed by atoms with Gasteiger partial charge in [0.25, 0.3) is 0 Å². The van der Waals surface area contributed by atoms with Gasteiger partial charge in [-0.05, 0) is 37.3 Å². The predicted octanol–water partition coefficient (Wildman–Crippen LogP) is 2.16. The Balaban J connectivity index is 1.35. The topological polar surface area (TPSA) is 74.2 Å². The van der Waals surface area contributed by atoms with Crippen LogP contribution in [0.2, 0.25) is 0 Å². The molecule has 2 aromatic rings. The van der Waals surface area contributed by atoms with E-state index in [9.17, 15) is 4.79 Å². The van der Waals surface area contributed by atoms with E-state index in [1.807, 2.05) is 12.4 Å². The Hall–Kier alpha value is -2.22. The van der Waals surface area contributed by atoms with Crippen molar-refractivity contribution in [3.05, 3.63) is 28.9 Å². The molecule has 4 rings (SSSR count). The number of aryl methyl sites for hydroxylation is 2. The summed E-state index contributed by atoms with van der Waals surface area (Å²) in [7, 11) is 1.82. The number of carbonyl (C=O) groups is 1. The molecule has 0 radical (unpaired) electrons. The van der Waals surface area contributed by atoms with Gasteiger partial charge in [0.05, 0.1) is 11.7 Å². The van der Waals surface area contributed by atoms with Crippen molar-refractivity contribution in [2.45, 2.75) is 31.7 Å². The minimum atomic E-state index is -0.119. The number of fused-ring (bicyclic) bond motifs is 1. The van der Waals surface area contributed by atoms with E-state index in [0.717, 1.165) is 37.4 Å². The number of nitrogens with zero attached hydrogens (tertiary/aromatic N) is 5. The minimum absolute atomic E-state index is 0.119. The molecule has 2 aromatic heterocycles. The highest BCUT2D eigenvalue weighted by Gasteiger charge is 2.34. The fraction of sp³-hybridized carbons (Fsp3) is 0.500. The summed E-state index contributed by atoms with van der Waals surface area (Å²) in [5, 5.41) is 14.0. The molecule has 2 aliphatic rings. The van der Waals surface area contributed by atoms with Crippen molar-refractivity contribution in [1.29, 1.82) is 0 Å². The summed E-state index contributed by atoms with van der Waals surface area (Å²) >= 11 is 1.42. The van der Waals surface area contributed by atoms with E-state index in [0.29, 0.717) is 5.13 Å². The Labute approximate surface area is 144 Å². The van der Waals surface area contributed by atoms with Gasteiger partial charge < -0.3 is 9.80 Å². The second-order valence-electron chi connectivity index (χ2n) is 6.32. The molecule has 2 amide bonds. The van der Waals surface area contributed by atoms with Crippen LogP contribution in [0.15, 0.2) is 17.6 Å². The molecule has 1 fully saturated rings. The Kier molecular flexibility index (Phi) is 4.05. The molecule has 1 saturated heterocycles. The molecule has 1 aliphatic heterocycles. The number of thiazole rings is 1. The first-order chi connectivity index (χ1) is 11.7. The van der Waals surface area contributed by atoms with E-state index >= 15 is 0 Å². The van der Waals surface area contributed by atoms with Gasteiger partial charge in [-0.25, -0.2) is 9.78 Å². The highest BCUT2D eigenvalue weighted by atomic mass is 32.1. The van der Waals surface area contributed by atoms with Crippen molar-refractivity contribution >= 4 is 28.3 Å². The van der Waals surface area contributed by atoms with Crippen LogP contribution >= 0.6 is 11.3 Å². The van der Waals surface area contributed by atoms with Crippen molar-refractivity contribution in [2.75, 3.05) is 30.4 Å². The molecule has 0 bridgehead atoms. The fourth-order valence-electron chi connectivity index (χ4n) is 3.15. The third-order valence-corrected chi connectivity index (χ3v) is 5.45. The molecule has 126 valence electrons. The number of anilines is 2. The number of aromatic nitrogens is 3. The first-order valence-electron chi connectivity index (χ1n) is 8.24. The highest BCUT2D eigenvalue weighted by molar-refractivity contribution is 7.13. The van der Waals surface area contributed by atoms with Gasteiger partial charge in [-0.1, -0.05) is 0 Å². The lowest BCUT2D eigenvalue weighted by molar-refractivity contribution is 0.191. The third kappa shape index (κ3) is 2.93. The number of amides is 2. The summed E-state index contributed by atoms with van der Waals surface area (Å²) in [5.41, 5.74) is 2.49. The number of nitrogens with one attached hydrogen (secondary N) is 1. The molecular formula is C16H20N6OS. The van der Waals surface area contributed by atoms with Crippen LogP contribution < -0.4 is 10.2 Å². The first kappa shape index (κ1) is 15.3. The zero-order valence-corrected chi connectivity index (χ0v) is 14.4. The van der Waals surface area contributed by atoms with Crippen LogP contribution in [-0.4, -0.2) is 52.3 Å². The monoisotopic (exact) mass is 344 g/mol. The second-order valence-corrected chi connectivity index (χ2v) is 7.21. The van der Waals surface area contributed by atoms with Crippen LogP contribution in [0.5, 0.6) is 0 Å². The molecule has 3 heterocycles. The highest BCUT2D eigenvalue weighted by Crippen LogP contribution is 2.26. The average molecular weight is 344 g/mol. The summed E-state index contributed by atoms with van der Waals surface area (Å²) in [6, 6.07) is 2.24. The Morgan fingerprint density at radius 1 is 1.33 bits per heavy atom. The smallest absolute Gasteiger partial charge is 0.323 e. The SMILES string of the molecule is CN(C(=O)Nc1nccs1)C1CN(c2cc3c(nn2)CCCC3)C1. The molecule has 1 N–H and O–H groups in total. The van der Waals surface area contributed by atoms with Crippen LogP contribution in [0.25, 0.3) is 0 Å². The van der Waals surface area contributed by atoms with Crippen LogP contribution in [0, 0.1) is 0 Å². The van der Waals surface area contributed by atoms with Gasteiger partial charge in [0.2, 0.25) is 0 Å². The molecule has 0 atom stereocenters. The number of hydrogen-bond donors (Lipinski definition) is 1. The number of rotatable bonds is 3. The lowest BCUT2D eigenvalue weighted by Crippen LogP contribution is -2.60. The van der Waals surface area contributed by atoms with Gasteiger partial charge in [-0.2, -0.15) is 5.10 Å². The largest absolute Gasteiger partial charge is 0.351 e. The molecule has 8 heteroatoms. The molecule has 24 heavy (non-hydrogen) atoms. The Bertz CT molecular complexity index is 728. The number of likely N-dealkylation sites (N-methyl/N-ethyl adjacent to an activating group) is 1. The zero-order valence-electron chi connectivity index (χ0n) is 13.6. The zero-order chi connectivity index (χ0) is 16.5. The van der Waals surface area contributed by atoms with E-state index in [2.05, 4.69) is 31.5 Å². The maximum atomic E-state index is 12.2. The predicted molar refractivity (Wildman–Crippen MR) is 93.6 cm³/mol. The van der Waals surface area contributed by atoms with E-state index in [-0.39, 0.29) is 12.1 Å². The molecule has 7 nitrogen and oxygen atoms in total. The second kappa shape index (κ2) is 6.35. The van der Waals surface area contributed by atoms with Crippen LogP contribution in [0.1, 0.15) is 24.1 Å². The van der Waals surface area contributed by atoms with E-state index < -0.39 is 0 Å². The number of carbonyl (C=O) groups excluding carboxylic acids is 1. The summed E-state index contributed by atoms with van der Waals surface area (Å²) in [4.78, 5) is 20.2.